The van der Waals surface area contributed by atoms with E-state index in [-0.39, 0.29) is 5.56 Å². The number of carbonyl (C=O) groups excluding carboxylic acids is 5. The Kier molecular flexibility index (Phi) is 12.3. The summed E-state index contributed by atoms with van der Waals surface area (Å²) in [7, 11) is 0. The van der Waals surface area contributed by atoms with Gasteiger partial charge in [-0.3, -0.25) is 19.2 Å². The van der Waals surface area contributed by atoms with Crippen LogP contribution in [-0.4, -0.2) is 108 Å². The number of Topliss-reactive ketones (excluding diaryl/α,β-unsaturated/α-hetero) is 1. The molecule has 0 aliphatic heterocycles. The molecule has 10 N–H and O–H groups in total. The van der Waals surface area contributed by atoms with E-state index >= 15 is 0 Å². The Labute approximate surface area is 275 Å². The molecule has 260 valence electrons. The van der Waals surface area contributed by atoms with Crippen molar-refractivity contribution in [3.05, 3.63) is 71.3 Å². The number of benzene rings is 3. The lowest BCUT2D eigenvalue weighted by Gasteiger charge is -2.21. The molecule has 3 unspecified atom stereocenters. The molecule has 3 aromatic carbocycles. The highest BCUT2D eigenvalue weighted by atomic mass is 16.6. The number of carboxylic acid groups (broad SMARTS) is 1. The number of amides is 2. The predicted octanol–water partition coefficient (Wildman–Crippen LogP) is -0.130. The van der Waals surface area contributed by atoms with Crippen LogP contribution in [0.15, 0.2) is 54.6 Å². The summed E-state index contributed by atoms with van der Waals surface area (Å²) in [5.74, 6) is -13.8. The topological polar surface area (TPSA) is 307 Å². The second-order valence-corrected chi connectivity index (χ2v) is 10.2. The minimum atomic E-state index is -1.95. The molecule has 0 aromatic heterocycles. The first-order valence-corrected chi connectivity index (χ1v) is 14.0. The van der Waals surface area contributed by atoms with Crippen molar-refractivity contribution in [2.45, 2.75) is 18.5 Å². The summed E-state index contributed by atoms with van der Waals surface area (Å²) in [5, 5.41) is 82.2. The number of aromatic hydroxyl groups is 6. The number of carbonyl (C=O) groups is 6. The number of para-hydroxylation sites is 3. The molecule has 0 aliphatic rings. The first-order valence-electron chi connectivity index (χ1n) is 14.0. The van der Waals surface area contributed by atoms with Crippen molar-refractivity contribution in [2.24, 2.45) is 5.92 Å². The smallest absolute Gasteiger partial charge is 0.332 e. The Morgan fingerprint density at radius 1 is 0.592 bits per heavy atom. The monoisotopic (exact) mass is 686 g/mol. The van der Waals surface area contributed by atoms with Crippen molar-refractivity contribution < 1.29 is 79.1 Å². The van der Waals surface area contributed by atoms with E-state index < -0.39 is 125 Å². The van der Waals surface area contributed by atoms with E-state index in [1.165, 1.54) is 18.2 Å². The van der Waals surface area contributed by atoms with Gasteiger partial charge < -0.3 is 61.0 Å². The summed E-state index contributed by atoms with van der Waals surface area (Å²) in [5.41, 5.74) is -1.43. The first-order chi connectivity index (χ1) is 23.2. The van der Waals surface area contributed by atoms with Crippen molar-refractivity contribution in [3.8, 4) is 34.5 Å². The SMILES string of the molecule is O=C(CC(CO)C(=O)OCC(NC(=O)c1cccc(O)c1O)C(=O)OCC(NC(=O)c1cccc(O)c1O)C(=O)O)c1cccc(O)c1O. The summed E-state index contributed by atoms with van der Waals surface area (Å²) in [4.78, 5) is 75.7. The maximum absolute atomic E-state index is 13.1. The molecule has 0 radical (unpaired) electrons. The van der Waals surface area contributed by atoms with Gasteiger partial charge in [0, 0.05) is 6.42 Å². The normalized spacial score (nSPS) is 12.5. The Morgan fingerprint density at radius 3 is 1.47 bits per heavy atom. The predicted molar refractivity (Wildman–Crippen MR) is 161 cm³/mol. The molecule has 3 aromatic rings. The summed E-state index contributed by atoms with van der Waals surface area (Å²) < 4.78 is 9.99. The fourth-order valence-corrected chi connectivity index (χ4v) is 4.11. The first kappa shape index (κ1) is 36.9. The molecular weight excluding hydrogens is 656 g/mol. The van der Waals surface area contributed by atoms with Gasteiger partial charge in [0.15, 0.2) is 52.4 Å². The number of aliphatic hydroxyl groups excluding tert-OH is 1. The van der Waals surface area contributed by atoms with Crippen LogP contribution in [0.25, 0.3) is 0 Å². The number of phenols is 6. The molecule has 0 bridgehead atoms. The summed E-state index contributed by atoms with van der Waals surface area (Å²) in [6.45, 7) is -3.10. The summed E-state index contributed by atoms with van der Waals surface area (Å²) in [6, 6.07) is 6.16. The standard InChI is InChI=1S/C31H30N2O16/c34-11-14(10-23(38)15-4-1-7-20(35)24(15)39)30(46)48-13-19(33-28(43)17-6-3-9-22(37)26(17)41)31(47)49-12-18(29(44)45)32-27(42)16-5-2-8-21(36)25(16)40/h1-9,14,18-19,34-37,39-41H,10-13H2,(H,32,42)(H,33,43)(H,44,45). The van der Waals surface area contributed by atoms with Gasteiger partial charge in [0.2, 0.25) is 0 Å². The van der Waals surface area contributed by atoms with Crippen LogP contribution in [-0.2, 0) is 23.9 Å². The van der Waals surface area contributed by atoms with Crippen molar-refractivity contribution >= 4 is 35.5 Å². The zero-order valence-corrected chi connectivity index (χ0v) is 25.1. The van der Waals surface area contributed by atoms with E-state index in [9.17, 15) is 69.6 Å². The zero-order chi connectivity index (χ0) is 36.4. The zero-order valence-electron chi connectivity index (χ0n) is 25.1. The van der Waals surface area contributed by atoms with Crippen LogP contribution >= 0.6 is 0 Å². The molecule has 0 spiro atoms. The van der Waals surface area contributed by atoms with Gasteiger partial charge in [-0.1, -0.05) is 18.2 Å². The van der Waals surface area contributed by atoms with E-state index in [0.29, 0.717) is 0 Å². The number of aliphatic hydroxyl groups is 1. The lowest BCUT2D eigenvalue weighted by Crippen LogP contribution is -2.49. The third kappa shape index (κ3) is 9.26. The number of ether oxygens (including phenoxy) is 2. The minimum absolute atomic E-state index is 0.370. The van der Waals surface area contributed by atoms with Crippen LogP contribution in [0.3, 0.4) is 0 Å². The number of nitrogens with one attached hydrogen (secondary N) is 2. The molecule has 2 amide bonds. The fraction of sp³-hybridized carbons (Fsp3) is 0.226. The summed E-state index contributed by atoms with van der Waals surface area (Å²) >= 11 is 0. The molecule has 0 saturated carbocycles. The van der Waals surface area contributed by atoms with Crippen molar-refractivity contribution in [3.63, 3.8) is 0 Å². The minimum Gasteiger partial charge on any atom is -0.504 e. The van der Waals surface area contributed by atoms with Gasteiger partial charge >= 0.3 is 17.9 Å². The van der Waals surface area contributed by atoms with E-state index in [2.05, 4.69) is 5.32 Å². The number of esters is 2. The fourth-order valence-electron chi connectivity index (χ4n) is 4.11. The Bertz CT molecular complexity index is 1760. The van der Waals surface area contributed by atoms with Gasteiger partial charge in [-0.05, 0) is 36.4 Å². The van der Waals surface area contributed by atoms with Crippen LogP contribution in [0.1, 0.15) is 37.5 Å². The molecule has 0 aliphatic carbocycles. The van der Waals surface area contributed by atoms with Crippen LogP contribution in [0.5, 0.6) is 34.5 Å². The van der Waals surface area contributed by atoms with Gasteiger partial charge in [0.05, 0.1) is 29.2 Å². The lowest BCUT2D eigenvalue weighted by molar-refractivity contribution is -0.156. The van der Waals surface area contributed by atoms with E-state index in [1.807, 2.05) is 5.32 Å². The van der Waals surface area contributed by atoms with Crippen molar-refractivity contribution in [1.82, 2.24) is 10.6 Å². The Balaban J connectivity index is 1.76. The maximum atomic E-state index is 13.1. The molecule has 3 rings (SSSR count). The number of phenolic OH excluding ortho intramolecular Hbond substituents is 6. The Hall–Kier alpha value is -6.56. The number of aliphatic carboxylic acids is 1. The number of carboxylic acids is 1. The second kappa shape index (κ2) is 16.3. The van der Waals surface area contributed by atoms with E-state index in [4.69, 9.17) is 9.47 Å². The third-order valence-corrected chi connectivity index (χ3v) is 6.80. The molecular formula is C31H30N2O16. The molecule has 3 atom stereocenters. The van der Waals surface area contributed by atoms with Crippen LogP contribution < -0.4 is 10.6 Å². The molecule has 0 heterocycles. The number of hydrogen-bond donors (Lipinski definition) is 10. The molecule has 0 saturated heterocycles. The van der Waals surface area contributed by atoms with Crippen molar-refractivity contribution in [2.75, 3.05) is 19.8 Å². The van der Waals surface area contributed by atoms with Crippen molar-refractivity contribution in [1.29, 1.82) is 0 Å². The molecule has 18 heteroatoms. The van der Waals surface area contributed by atoms with Crippen LogP contribution in [0.2, 0.25) is 0 Å². The highest BCUT2D eigenvalue weighted by Gasteiger charge is 2.32. The van der Waals surface area contributed by atoms with Crippen LogP contribution in [0.4, 0.5) is 0 Å². The third-order valence-electron chi connectivity index (χ3n) is 6.80. The molecule has 49 heavy (non-hydrogen) atoms. The van der Waals surface area contributed by atoms with E-state index in [1.54, 1.807) is 0 Å². The molecule has 18 nitrogen and oxygen atoms in total. The highest BCUT2D eigenvalue weighted by molar-refractivity contribution is 6.02. The van der Waals surface area contributed by atoms with Gasteiger partial charge in [-0.2, -0.15) is 0 Å². The quantitative estimate of drug-likeness (QED) is 0.0565. The largest absolute Gasteiger partial charge is 0.504 e. The maximum Gasteiger partial charge on any atom is 0.332 e. The van der Waals surface area contributed by atoms with Crippen LogP contribution in [0, 0.1) is 5.92 Å². The second-order valence-electron chi connectivity index (χ2n) is 10.2. The lowest BCUT2D eigenvalue weighted by atomic mass is 9.98. The number of ketones is 1. The average molecular weight is 687 g/mol. The Morgan fingerprint density at radius 2 is 1.00 bits per heavy atom. The number of rotatable bonds is 15. The van der Waals surface area contributed by atoms with E-state index in [0.717, 1.165) is 36.4 Å². The average Bonchev–Trinajstić information content (AvgIpc) is 3.06. The number of hydrogen-bond acceptors (Lipinski definition) is 15. The van der Waals surface area contributed by atoms with Gasteiger partial charge in [0.25, 0.3) is 11.8 Å². The van der Waals surface area contributed by atoms with Gasteiger partial charge in [0.1, 0.15) is 13.2 Å². The van der Waals surface area contributed by atoms with Gasteiger partial charge in [-0.25, -0.2) is 9.59 Å². The summed E-state index contributed by atoms with van der Waals surface area (Å²) in [6.07, 6.45) is -0.736. The van der Waals surface area contributed by atoms with Gasteiger partial charge in [-0.15, -0.1) is 0 Å². The molecule has 0 fully saturated rings. The highest BCUT2D eigenvalue weighted by Crippen LogP contribution is 2.31.